The van der Waals surface area contributed by atoms with E-state index in [4.69, 9.17) is 3.63 Å². The van der Waals surface area contributed by atoms with E-state index in [0.29, 0.717) is 64.0 Å². The fraction of sp³-hybridized carbons (Fsp3) is 0.455. The molecule has 0 atom stereocenters. The number of halogens is 3. The van der Waals surface area contributed by atoms with Crippen LogP contribution in [0.25, 0.3) is 0 Å². The van der Waals surface area contributed by atoms with Crippen LogP contribution in [0.3, 0.4) is 0 Å². The highest BCUT2D eigenvalue weighted by Crippen LogP contribution is 2.37. The van der Waals surface area contributed by atoms with Gasteiger partial charge < -0.3 is 20.4 Å². The monoisotopic (exact) mass is 548 g/mol. The third kappa shape index (κ3) is 5.78. The number of hydrogen-bond donors (Lipinski definition) is 2. The van der Waals surface area contributed by atoms with Gasteiger partial charge in [-0.2, -0.15) is 30.0 Å². The Labute approximate surface area is 208 Å². The Morgan fingerprint density at radius 2 is 1.19 bits per heavy atom. The summed E-state index contributed by atoms with van der Waals surface area (Å²) in [5.74, 6) is 0. The summed E-state index contributed by atoms with van der Waals surface area (Å²) in [4.78, 5) is 2.16. The highest BCUT2D eigenvalue weighted by molar-refractivity contribution is 8.00. The van der Waals surface area contributed by atoms with Crippen LogP contribution in [0, 0.1) is 6.92 Å². The molecular formula is C22H27F3N4O5S2. The summed E-state index contributed by atoms with van der Waals surface area (Å²) in [5.41, 5.74) is -0.456. The molecule has 0 aliphatic carbocycles. The third-order valence-corrected chi connectivity index (χ3v) is 9.20. The second kappa shape index (κ2) is 10.2. The molecule has 14 heteroatoms. The quantitative estimate of drug-likeness (QED) is 0.560. The Bertz CT molecular complexity index is 1320. The van der Waals surface area contributed by atoms with Gasteiger partial charge in [-0.25, -0.2) is 0 Å². The van der Waals surface area contributed by atoms with E-state index >= 15 is 0 Å². The number of rotatable bonds is 6. The van der Waals surface area contributed by atoms with Gasteiger partial charge in [0.2, 0.25) is 0 Å². The van der Waals surface area contributed by atoms with Crippen molar-refractivity contribution in [2.24, 2.45) is 0 Å². The van der Waals surface area contributed by atoms with Crippen molar-refractivity contribution in [2.75, 3.05) is 62.2 Å². The van der Waals surface area contributed by atoms with Crippen LogP contribution in [0.2, 0.25) is 0 Å². The van der Waals surface area contributed by atoms with Gasteiger partial charge in [-0.3, -0.25) is 0 Å². The summed E-state index contributed by atoms with van der Waals surface area (Å²) in [6.07, 6.45) is -4.84. The predicted molar refractivity (Wildman–Crippen MR) is 128 cm³/mol. The standard InChI is InChI=1S/C22H27F3N4O5S2/c1-16-2-4-18(28-10-6-26-7-11-28)20(14-16)35(30,31)34-36(32,33)21-15-17(22(23,24)25)3-5-19(21)29-12-8-27-9-13-29/h2-5,14-15,26-27H,6-13H2,1H3. The SMILES string of the molecule is Cc1ccc(N2CCNCC2)c(S(=O)(=O)OS(=O)(=O)c2cc(C(F)(F)F)ccc2N2CCNCC2)c1. The Morgan fingerprint density at radius 1 is 0.750 bits per heavy atom. The molecule has 2 N–H and O–H groups in total. The zero-order valence-corrected chi connectivity index (χ0v) is 21.1. The van der Waals surface area contributed by atoms with Crippen molar-refractivity contribution < 1.29 is 33.6 Å². The van der Waals surface area contributed by atoms with Crippen molar-refractivity contribution in [3.8, 4) is 0 Å². The van der Waals surface area contributed by atoms with E-state index in [0.717, 1.165) is 12.1 Å². The minimum atomic E-state index is -5.17. The number of benzene rings is 2. The van der Waals surface area contributed by atoms with Gasteiger partial charge in [-0.05, 0) is 42.8 Å². The molecule has 2 heterocycles. The summed E-state index contributed by atoms with van der Waals surface area (Å²) >= 11 is 0. The van der Waals surface area contributed by atoms with Crippen LogP contribution in [0.1, 0.15) is 11.1 Å². The normalized spacial score (nSPS) is 17.9. The number of alkyl halides is 3. The van der Waals surface area contributed by atoms with Crippen molar-refractivity contribution >= 4 is 31.6 Å². The predicted octanol–water partition coefficient (Wildman–Crippen LogP) is 1.93. The van der Waals surface area contributed by atoms with Crippen LogP contribution in [-0.2, 0) is 30.0 Å². The first-order valence-electron chi connectivity index (χ1n) is 11.3. The molecule has 0 radical (unpaired) electrons. The van der Waals surface area contributed by atoms with E-state index in [-0.39, 0.29) is 16.3 Å². The van der Waals surface area contributed by atoms with Crippen LogP contribution < -0.4 is 20.4 Å². The highest BCUT2D eigenvalue weighted by atomic mass is 32.3. The zero-order valence-electron chi connectivity index (χ0n) is 19.5. The van der Waals surface area contributed by atoms with E-state index in [2.05, 4.69) is 10.6 Å². The van der Waals surface area contributed by atoms with E-state index in [1.54, 1.807) is 28.9 Å². The molecule has 0 amide bonds. The Balaban J connectivity index is 1.77. The maximum Gasteiger partial charge on any atom is 0.416 e. The third-order valence-electron chi connectivity index (χ3n) is 6.04. The van der Waals surface area contributed by atoms with Crippen LogP contribution in [0.15, 0.2) is 46.2 Å². The first kappa shape index (κ1) is 26.7. The molecule has 0 saturated carbocycles. The van der Waals surface area contributed by atoms with Crippen LogP contribution >= 0.6 is 0 Å². The van der Waals surface area contributed by atoms with Gasteiger partial charge in [-0.15, -0.1) is 3.63 Å². The number of piperazine rings is 2. The largest absolute Gasteiger partial charge is 0.416 e. The van der Waals surface area contributed by atoms with Gasteiger partial charge in [0.1, 0.15) is 9.79 Å². The average Bonchev–Trinajstić information content (AvgIpc) is 2.83. The molecule has 0 bridgehead atoms. The Kier molecular flexibility index (Phi) is 7.53. The molecule has 4 rings (SSSR count). The Hall–Kier alpha value is -2.39. The number of nitrogens with zero attached hydrogens (tertiary/aromatic N) is 2. The lowest BCUT2D eigenvalue weighted by Gasteiger charge is -2.31. The van der Waals surface area contributed by atoms with Gasteiger partial charge in [0.15, 0.2) is 0 Å². The molecular weight excluding hydrogens is 521 g/mol. The fourth-order valence-corrected chi connectivity index (χ4v) is 7.28. The Morgan fingerprint density at radius 3 is 1.67 bits per heavy atom. The molecule has 2 aromatic carbocycles. The van der Waals surface area contributed by atoms with Crippen molar-refractivity contribution in [3.63, 3.8) is 0 Å². The van der Waals surface area contributed by atoms with E-state index < -0.39 is 36.9 Å². The van der Waals surface area contributed by atoms with Gasteiger partial charge in [-0.1, -0.05) is 6.07 Å². The highest BCUT2D eigenvalue weighted by Gasteiger charge is 2.37. The maximum atomic E-state index is 13.4. The molecule has 2 aliphatic rings. The van der Waals surface area contributed by atoms with Crippen LogP contribution in [0.4, 0.5) is 24.5 Å². The summed E-state index contributed by atoms with van der Waals surface area (Å²) < 4.78 is 98.4. The van der Waals surface area contributed by atoms with Crippen molar-refractivity contribution in [2.45, 2.75) is 22.9 Å². The number of anilines is 2. The minimum absolute atomic E-state index is 0.0497. The maximum absolute atomic E-state index is 13.4. The fourth-order valence-electron chi connectivity index (χ4n) is 4.24. The van der Waals surface area contributed by atoms with Crippen LogP contribution in [-0.4, -0.2) is 69.2 Å². The van der Waals surface area contributed by atoms with Gasteiger partial charge in [0, 0.05) is 52.4 Å². The molecule has 198 valence electrons. The molecule has 0 unspecified atom stereocenters. The van der Waals surface area contributed by atoms with Crippen molar-refractivity contribution in [1.29, 1.82) is 0 Å². The van der Waals surface area contributed by atoms with E-state index in [1.807, 2.05) is 0 Å². The molecule has 0 aromatic heterocycles. The van der Waals surface area contributed by atoms with Gasteiger partial charge in [0.05, 0.1) is 16.9 Å². The second-order valence-electron chi connectivity index (χ2n) is 8.60. The lowest BCUT2D eigenvalue weighted by Crippen LogP contribution is -2.44. The molecule has 0 spiro atoms. The minimum Gasteiger partial charge on any atom is -0.368 e. The summed E-state index contributed by atoms with van der Waals surface area (Å²) in [6, 6.07) is 6.80. The molecule has 9 nitrogen and oxygen atoms in total. The summed E-state index contributed by atoms with van der Waals surface area (Å²) in [7, 11) is -10.1. The van der Waals surface area contributed by atoms with E-state index in [9.17, 15) is 30.0 Å². The van der Waals surface area contributed by atoms with E-state index in [1.165, 1.54) is 6.07 Å². The van der Waals surface area contributed by atoms with Crippen LogP contribution in [0.5, 0.6) is 0 Å². The lowest BCUT2D eigenvalue weighted by molar-refractivity contribution is -0.137. The zero-order chi connectivity index (χ0) is 26.1. The topological polar surface area (TPSA) is 108 Å². The van der Waals surface area contributed by atoms with Crippen molar-refractivity contribution in [1.82, 2.24) is 10.6 Å². The second-order valence-corrected chi connectivity index (χ2v) is 11.8. The number of nitrogens with one attached hydrogen (secondary N) is 2. The number of aryl methyl sites for hydroxylation is 1. The first-order valence-corrected chi connectivity index (χ1v) is 14.1. The van der Waals surface area contributed by atoms with Crippen molar-refractivity contribution in [3.05, 3.63) is 47.5 Å². The molecule has 2 aliphatic heterocycles. The number of hydrogen-bond acceptors (Lipinski definition) is 9. The molecule has 2 aromatic rings. The van der Waals surface area contributed by atoms with Gasteiger partial charge in [0.25, 0.3) is 0 Å². The average molecular weight is 549 g/mol. The summed E-state index contributed by atoms with van der Waals surface area (Å²) in [6.45, 7) is 5.43. The first-order chi connectivity index (χ1) is 16.9. The molecule has 2 saturated heterocycles. The summed E-state index contributed by atoms with van der Waals surface area (Å²) in [5, 5.41) is 6.22. The lowest BCUT2D eigenvalue weighted by atomic mass is 10.1. The smallest absolute Gasteiger partial charge is 0.368 e. The molecule has 36 heavy (non-hydrogen) atoms. The molecule has 2 fully saturated rings. The van der Waals surface area contributed by atoms with Gasteiger partial charge >= 0.3 is 26.4 Å².